The highest BCUT2D eigenvalue weighted by molar-refractivity contribution is 7.86. The number of carbonyl (C=O) groups is 1. The summed E-state index contributed by atoms with van der Waals surface area (Å²) in [4.78, 5) is 10.4. The van der Waals surface area contributed by atoms with Gasteiger partial charge in [0.05, 0.1) is 17.9 Å². The zero-order chi connectivity index (χ0) is 18.4. The number of hydrogen-bond donors (Lipinski definition) is 2. The van der Waals surface area contributed by atoms with Gasteiger partial charge in [-0.05, 0) is 31.9 Å². The molecule has 2 N–H and O–H groups in total. The average molecular weight is 369 g/mol. The van der Waals surface area contributed by atoms with Gasteiger partial charge in [-0.15, -0.1) is 0 Å². The van der Waals surface area contributed by atoms with Gasteiger partial charge in [-0.2, -0.15) is 21.6 Å². The molecule has 1 amide bonds. The molecule has 0 bridgehead atoms. The summed E-state index contributed by atoms with van der Waals surface area (Å²) in [5.74, 6) is 0. The van der Waals surface area contributed by atoms with Gasteiger partial charge < -0.3 is 10.4 Å². The normalized spacial score (nSPS) is 13.5. The summed E-state index contributed by atoms with van der Waals surface area (Å²) in [5.41, 5.74) is 0.865. The molecule has 24 heavy (non-hydrogen) atoms. The average Bonchev–Trinajstić information content (AvgIpc) is 2.41. The van der Waals surface area contributed by atoms with E-state index >= 15 is 0 Å². The molecule has 1 unspecified atom stereocenters. The van der Waals surface area contributed by atoms with Crippen LogP contribution in [-0.4, -0.2) is 38.4 Å². The lowest BCUT2D eigenvalue weighted by Gasteiger charge is -2.18. The van der Waals surface area contributed by atoms with Crippen molar-refractivity contribution in [3.05, 3.63) is 29.8 Å². The van der Waals surface area contributed by atoms with Crippen LogP contribution in [0.4, 0.5) is 18.0 Å². The summed E-state index contributed by atoms with van der Waals surface area (Å²) in [6.07, 6.45) is -7.68. The molecule has 0 aromatic heterocycles. The Kier molecular flexibility index (Phi) is 7.03. The van der Waals surface area contributed by atoms with Crippen LogP contribution in [0.15, 0.2) is 29.2 Å². The first-order valence-electron chi connectivity index (χ1n) is 7.02. The number of benzene rings is 1. The lowest BCUT2D eigenvalue weighted by molar-refractivity contribution is -0.139. The number of halogens is 3. The lowest BCUT2D eigenvalue weighted by atomic mass is 10.1. The van der Waals surface area contributed by atoms with Gasteiger partial charge in [-0.25, -0.2) is 4.79 Å². The van der Waals surface area contributed by atoms with Gasteiger partial charge in [0.15, 0.2) is 0 Å². The molecule has 1 atom stereocenters. The van der Waals surface area contributed by atoms with Crippen molar-refractivity contribution >= 4 is 16.2 Å². The van der Waals surface area contributed by atoms with Crippen LogP contribution in [0.1, 0.15) is 24.8 Å². The standard InChI is InChI=1S/C14H18F3NO5S/c1-10-4-6-12(7-5-10)24(21,22)23-8-2-3-11(18-13(19)20)9-14(15,16)17/h4-7,11,18H,2-3,8-9H2,1H3,(H,19,20). The fourth-order valence-corrected chi connectivity index (χ4v) is 2.89. The van der Waals surface area contributed by atoms with Gasteiger partial charge in [-0.3, -0.25) is 4.18 Å². The van der Waals surface area contributed by atoms with Gasteiger partial charge in [0.25, 0.3) is 10.1 Å². The first-order chi connectivity index (χ1) is 11.0. The van der Waals surface area contributed by atoms with E-state index in [0.29, 0.717) is 0 Å². The highest BCUT2D eigenvalue weighted by atomic mass is 32.2. The Labute approximate surface area is 137 Å². The quantitative estimate of drug-likeness (QED) is 0.543. The van der Waals surface area contributed by atoms with E-state index in [2.05, 4.69) is 0 Å². The third kappa shape index (κ3) is 7.64. The second-order valence-corrected chi connectivity index (χ2v) is 6.81. The first-order valence-corrected chi connectivity index (χ1v) is 8.43. The van der Waals surface area contributed by atoms with Crippen molar-refractivity contribution in [3.63, 3.8) is 0 Å². The Morgan fingerprint density at radius 2 is 1.88 bits per heavy atom. The molecule has 0 saturated heterocycles. The van der Waals surface area contributed by atoms with Crippen LogP contribution in [0.3, 0.4) is 0 Å². The summed E-state index contributed by atoms with van der Waals surface area (Å²) in [7, 11) is -3.99. The van der Waals surface area contributed by atoms with Crippen LogP contribution < -0.4 is 5.32 Å². The molecule has 0 heterocycles. The number of alkyl halides is 3. The largest absolute Gasteiger partial charge is 0.465 e. The molecule has 0 radical (unpaired) electrons. The Hall–Kier alpha value is -1.81. The Morgan fingerprint density at radius 1 is 1.29 bits per heavy atom. The van der Waals surface area contributed by atoms with Crippen molar-refractivity contribution in [3.8, 4) is 0 Å². The molecule has 0 fully saturated rings. The molecule has 0 spiro atoms. The van der Waals surface area contributed by atoms with Crippen LogP contribution >= 0.6 is 0 Å². The molecule has 1 aromatic carbocycles. The molecule has 6 nitrogen and oxygen atoms in total. The van der Waals surface area contributed by atoms with Crippen LogP contribution in [-0.2, 0) is 14.3 Å². The van der Waals surface area contributed by atoms with Crippen LogP contribution in [0, 0.1) is 6.92 Å². The maximum atomic E-state index is 12.3. The third-order valence-corrected chi connectivity index (χ3v) is 4.38. The zero-order valence-electron chi connectivity index (χ0n) is 12.8. The van der Waals surface area contributed by atoms with E-state index in [0.717, 1.165) is 5.56 Å². The summed E-state index contributed by atoms with van der Waals surface area (Å²) in [5, 5.41) is 10.3. The van der Waals surface area contributed by atoms with E-state index in [1.54, 1.807) is 24.4 Å². The highest BCUT2D eigenvalue weighted by Crippen LogP contribution is 2.23. The van der Waals surface area contributed by atoms with Gasteiger partial charge in [0, 0.05) is 6.04 Å². The first kappa shape index (κ1) is 20.2. The molecular weight excluding hydrogens is 351 g/mol. The fraction of sp³-hybridized carbons (Fsp3) is 0.500. The van der Waals surface area contributed by atoms with Gasteiger partial charge in [0.1, 0.15) is 0 Å². The summed E-state index contributed by atoms with van der Waals surface area (Å²) < 4.78 is 65.6. The minimum atomic E-state index is -4.53. The SMILES string of the molecule is Cc1ccc(S(=O)(=O)OCCCC(CC(F)(F)F)NC(=O)O)cc1. The van der Waals surface area contributed by atoms with Gasteiger partial charge in [0.2, 0.25) is 0 Å². The Morgan fingerprint density at radius 3 is 2.38 bits per heavy atom. The molecule has 0 aliphatic heterocycles. The summed E-state index contributed by atoms with van der Waals surface area (Å²) in [6, 6.07) is 4.55. The van der Waals surface area contributed by atoms with E-state index in [9.17, 15) is 26.4 Å². The predicted molar refractivity (Wildman–Crippen MR) is 79.2 cm³/mol. The van der Waals surface area contributed by atoms with Crippen molar-refractivity contribution < 1.29 is 35.7 Å². The maximum absolute atomic E-state index is 12.3. The van der Waals surface area contributed by atoms with E-state index < -0.39 is 34.9 Å². The monoisotopic (exact) mass is 369 g/mol. The van der Waals surface area contributed by atoms with Gasteiger partial charge >= 0.3 is 12.3 Å². The summed E-state index contributed by atoms with van der Waals surface area (Å²) in [6.45, 7) is 1.44. The molecule has 136 valence electrons. The second kappa shape index (κ2) is 8.34. The highest BCUT2D eigenvalue weighted by Gasteiger charge is 2.32. The number of nitrogens with one attached hydrogen (secondary N) is 1. The van der Waals surface area contributed by atoms with Gasteiger partial charge in [-0.1, -0.05) is 17.7 Å². The van der Waals surface area contributed by atoms with E-state index in [1.165, 1.54) is 12.1 Å². The van der Waals surface area contributed by atoms with Crippen LogP contribution in [0.25, 0.3) is 0 Å². The van der Waals surface area contributed by atoms with Crippen molar-refractivity contribution in [2.24, 2.45) is 0 Å². The topological polar surface area (TPSA) is 92.7 Å². The molecule has 0 saturated carbocycles. The smallest absolute Gasteiger partial charge is 0.404 e. The number of carboxylic acid groups (broad SMARTS) is 1. The number of rotatable bonds is 8. The minimum absolute atomic E-state index is 0.0495. The van der Waals surface area contributed by atoms with Crippen LogP contribution in [0.5, 0.6) is 0 Å². The van der Waals surface area contributed by atoms with Crippen molar-refractivity contribution in [1.29, 1.82) is 0 Å². The summed E-state index contributed by atoms with van der Waals surface area (Å²) >= 11 is 0. The molecule has 10 heteroatoms. The molecule has 0 aliphatic rings. The number of aryl methyl sites for hydroxylation is 1. The number of hydrogen-bond acceptors (Lipinski definition) is 4. The van der Waals surface area contributed by atoms with E-state index in [-0.39, 0.29) is 24.3 Å². The fourth-order valence-electron chi connectivity index (χ4n) is 1.95. The predicted octanol–water partition coefficient (Wildman–Crippen LogP) is 3.07. The molecular formula is C14H18F3NO5S. The number of amides is 1. The van der Waals surface area contributed by atoms with Crippen molar-refractivity contribution in [2.75, 3.05) is 6.61 Å². The zero-order valence-corrected chi connectivity index (χ0v) is 13.7. The maximum Gasteiger partial charge on any atom is 0.404 e. The molecule has 1 aromatic rings. The van der Waals surface area contributed by atoms with Crippen molar-refractivity contribution in [2.45, 2.75) is 43.3 Å². The van der Waals surface area contributed by atoms with Crippen molar-refractivity contribution in [1.82, 2.24) is 5.32 Å². The Bertz CT molecular complexity index is 643. The minimum Gasteiger partial charge on any atom is -0.465 e. The Balaban J connectivity index is 2.52. The van der Waals surface area contributed by atoms with E-state index in [4.69, 9.17) is 9.29 Å². The second-order valence-electron chi connectivity index (χ2n) is 5.20. The molecule has 1 rings (SSSR count). The molecule has 0 aliphatic carbocycles. The third-order valence-electron chi connectivity index (χ3n) is 3.05. The van der Waals surface area contributed by atoms with E-state index in [1.807, 2.05) is 0 Å². The lowest BCUT2D eigenvalue weighted by Crippen LogP contribution is -2.37. The van der Waals surface area contributed by atoms with Crippen LogP contribution in [0.2, 0.25) is 0 Å².